The van der Waals surface area contributed by atoms with E-state index in [0.717, 1.165) is 0 Å². The van der Waals surface area contributed by atoms with Crippen LogP contribution in [0.1, 0.15) is 23.1 Å². The fourth-order valence-corrected chi connectivity index (χ4v) is 2.48. The lowest BCUT2D eigenvalue weighted by molar-refractivity contribution is 0.148. The van der Waals surface area contributed by atoms with E-state index in [9.17, 15) is 9.50 Å². The van der Waals surface area contributed by atoms with Crippen molar-refractivity contribution >= 4 is 0 Å². The Morgan fingerprint density at radius 3 is 2.48 bits per heavy atom. The highest BCUT2D eigenvalue weighted by molar-refractivity contribution is 5.46. The van der Waals surface area contributed by atoms with Crippen LogP contribution in [0.3, 0.4) is 0 Å². The van der Waals surface area contributed by atoms with Gasteiger partial charge in [0, 0.05) is 0 Å². The van der Waals surface area contributed by atoms with Crippen molar-refractivity contribution in [3.63, 3.8) is 0 Å². The van der Waals surface area contributed by atoms with Gasteiger partial charge in [-0.3, -0.25) is 0 Å². The molecule has 2 aromatic carbocycles. The average molecular weight is 286 g/mol. The molecule has 0 radical (unpaired) electrons. The monoisotopic (exact) mass is 286 g/mol. The fourth-order valence-electron chi connectivity index (χ4n) is 2.48. The molecule has 2 atom stereocenters. The van der Waals surface area contributed by atoms with Gasteiger partial charge in [-0.1, -0.05) is 43.0 Å². The molecule has 4 heteroatoms. The minimum atomic E-state index is -1.04. The molecule has 0 saturated carbocycles. The molecular formula is C17H15FO3. The molecule has 1 heterocycles. The summed E-state index contributed by atoms with van der Waals surface area (Å²) in [6.45, 7) is 3.53. The molecule has 3 nitrogen and oxygen atoms in total. The molecule has 0 saturated heterocycles. The van der Waals surface area contributed by atoms with Crippen molar-refractivity contribution < 1.29 is 19.0 Å². The lowest BCUT2D eigenvalue weighted by Crippen LogP contribution is -2.11. The predicted octanol–water partition coefficient (Wildman–Crippen LogP) is 3.72. The number of halogens is 1. The Morgan fingerprint density at radius 1 is 1.05 bits per heavy atom. The Morgan fingerprint density at radius 2 is 1.76 bits per heavy atom. The zero-order chi connectivity index (χ0) is 14.8. The van der Waals surface area contributed by atoms with E-state index in [1.807, 2.05) is 6.07 Å². The Balaban J connectivity index is 1.95. The van der Waals surface area contributed by atoms with E-state index < -0.39 is 17.8 Å². The Labute approximate surface area is 122 Å². The number of rotatable bonds is 4. The van der Waals surface area contributed by atoms with E-state index in [1.165, 1.54) is 0 Å². The van der Waals surface area contributed by atoms with Crippen LogP contribution in [0.4, 0.5) is 4.39 Å². The SMILES string of the molecule is C=C(F)[C@H](c1ccccc1)[C@H](O)c1ccc2c(c1)OCO2. The van der Waals surface area contributed by atoms with Crippen LogP contribution in [0.15, 0.2) is 60.9 Å². The summed E-state index contributed by atoms with van der Waals surface area (Å²) >= 11 is 0. The van der Waals surface area contributed by atoms with Crippen molar-refractivity contribution in [2.75, 3.05) is 6.79 Å². The summed E-state index contributed by atoms with van der Waals surface area (Å²) in [7, 11) is 0. The maximum Gasteiger partial charge on any atom is 0.231 e. The molecule has 0 unspecified atom stereocenters. The highest BCUT2D eigenvalue weighted by atomic mass is 19.1. The smallest absolute Gasteiger partial charge is 0.231 e. The van der Waals surface area contributed by atoms with Gasteiger partial charge >= 0.3 is 0 Å². The van der Waals surface area contributed by atoms with Crippen molar-refractivity contribution in [3.8, 4) is 11.5 Å². The minimum Gasteiger partial charge on any atom is -0.454 e. The molecular weight excluding hydrogens is 271 g/mol. The van der Waals surface area contributed by atoms with Crippen LogP contribution in [0.5, 0.6) is 11.5 Å². The van der Waals surface area contributed by atoms with Gasteiger partial charge in [0.25, 0.3) is 0 Å². The molecule has 0 bridgehead atoms. The van der Waals surface area contributed by atoms with Gasteiger partial charge in [-0.15, -0.1) is 0 Å². The van der Waals surface area contributed by atoms with Crippen molar-refractivity contribution in [1.82, 2.24) is 0 Å². The summed E-state index contributed by atoms with van der Waals surface area (Å²) in [6.07, 6.45) is -1.04. The summed E-state index contributed by atoms with van der Waals surface area (Å²) in [5.41, 5.74) is 1.24. The summed E-state index contributed by atoms with van der Waals surface area (Å²) in [5.74, 6) is -0.206. The van der Waals surface area contributed by atoms with Crippen LogP contribution in [0, 0.1) is 0 Å². The van der Waals surface area contributed by atoms with Gasteiger partial charge in [0.05, 0.1) is 12.0 Å². The minimum absolute atomic E-state index is 0.160. The number of benzene rings is 2. The zero-order valence-electron chi connectivity index (χ0n) is 11.3. The van der Waals surface area contributed by atoms with Crippen LogP contribution in [-0.2, 0) is 0 Å². The van der Waals surface area contributed by atoms with Crippen molar-refractivity contribution in [2.45, 2.75) is 12.0 Å². The summed E-state index contributed by atoms with van der Waals surface area (Å²) in [6, 6.07) is 14.1. The molecule has 1 N–H and O–H groups in total. The predicted molar refractivity (Wildman–Crippen MR) is 77.0 cm³/mol. The van der Waals surface area contributed by atoms with Crippen LogP contribution < -0.4 is 9.47 Å². The first kappa shape index (κ1) is 13.6. The topological polar surface area (TPSA) is 38.7 Å². The molecule has 1 aliphatic heterocycles. The highest BCUT2D eigenvalue weighted by Gasteiger charge is 2.27. The third-order valence-electron chi connectivity index (χ3n) is 3.55. The largest absolute Gasteiger partial charge is 0.454 e. The van der Waals surface area contributed by atoms with Gasteiger partial charge in [0.1, 0.15) is 5.83 Å². The van der Waals surface area contributed by atoms with E-state index in [-0.39, 0.29) is 6.79 Å². The Kier molecular flexibility index (Phi) is 3.62. The molecule has 108 valence electrons. The quantitative estimate of drug-likeness (QED) is 0.931. The number of ether oxygens (including phenoxy) is 2. The molecule has 21 heavy (non-hydrogen) atoms. The van der Waals surface area contributed by atoms with Gasteiger partial charge in [-0.05, 0) is 23.3 Å². The summed E-state index contributed by atoms with van der Waals surface area (Å²) in [4.78, 5) is 0. The molecule has 0 amide bonds. The second kappa shape index (κ2) is 5.58. The lowest BCUT2D eigenvalue weighted by Gasteiger charge is -2.22. The first-order valence-corrected chi connectivity index (χ1v) is 6.63. The Hall–Kier alpha value is -2.33. The zero-order valence-corrected chi connectivity index (χ0v) is 11.3. The second-order valence-corrected chi connectivity index (χ2v) is 4.89. The maximum absolute atomic E-state index is 13.9. The number of hydrogen-bond donors (Lipinski definition) is 1. The van der Waals surface area contributed by atoms with Crippen LogP contribution in [-0.4, -0.2) is 11.9 Å². The van der Waals surface area contributed by atoms with E-state index in [0.29, 0.717) is 22.6 Å². The fraction of sp³-hybridized carbons (Fsp3) is 0.176. The third kappa shape index (κ3) is 2.62. The van der Waals surface area contributed by atoms with Gasteiger partial charge in [0.2, 0.25) is 6.79 Å². The van der Waals surface area contributed by atoms with Crippen LogP contribution >= 0.6 is 0 Å². The van der Waals surface area contributed by atoms with Crippen LogP contribution in [0.25, 0.3) is 0 Å². The molecule has 2 aromatic rings. The Bertz CT molecular complexity index is 654. The van der Waals surface area contributed by atoms with E-state index in [1.54, 1.807) is 42.5 Å². The first-order valence-electron chi connectivity index (χ1n) is 6.63. The third-order valence-corrected chi connectivity index (χ3v) is 3.55. The maximum atomic E-state index is 13.9. The summed E-state index contributed by atoms with van der Waals surface area (Å²) < 4.78 is 24.4. The highest BCUT2D eigenvalue weighted by Crippen LogP contribution is 2.40. The van der Waals surface area contributed by atoms with Gasteiger partial charge in [-0.2, -0.15) is 0 Å². The molecule has 0 aromatic heterocycles. The van der Waals surface area contributed by atoms with Crippen molar-refractivity contribution in [3.05, 3.63) is 72.1 Å². The van der Waals surface area contributed by atoms with Crippen molar-refractivity contribution in [2.24, 2.45) is 0 Å². The first-order chi connectivity index (χ1) is 10.2. The average Bonchev–Trinajstić information content (AvgIpc) is 2.95. The molecule has 1 aliphatic rings. The van der Waals surface area contributed by atoms with Gasteiger partial charge < -0.3 is 14.6 Å². The number of fused-ring (bicyclic) bond motifs is 1. The molecule has 0 aliphatic carbocycles. The molecule has 0 spiro atoms. The van der Waals surface area contributed by atoms with E-state index in [2.05, 4.69) is 6.58 Å². The second-order valence-electron chi connectivity index (χ2n) is 4.89. The van der Waals surface area contributed by atoms with Crippen LogP contribution in [0.2, 0.25) is 0 Å². The standard InChI is InChI=1S/C17H15FO3/c1-11(18)16(12-5-3-2-4-6-12)17(19)13-7-8-14-15(9-13)21-10-20-14/h2-9,16-17,19H,1,10H2/t16-,17-/m1/s1. The van der Waals surface area contributed by atoms with E-state index >= 15 is 0 Å². The van der Waals surface area contributed by atoms with Crippen molar-refractivity contribution in [1.29, 1.82) is 0 Å². The lowest BCUT2D eigenvalue weighted by atomic mass is 9.88. The van der Waals surface area contributed by atoms with E-state index in [4.69, 9.17) is 9.47 Å². The molecule has 3 rings (SSSR count). The number of aliphatic hydroxyl groups excluding tert-OH is 1. The van der Waals surface area contributed by atoms with Gasteiger partial charge in [-0.25, -0.2) is 4.39 Å². The molecule has 0 fully saturated rings. The normalized spacial score (nSPS) is 15.5. The number of hydrogen-bond acceptors (Lipinski definition) is 3. The summed E-state index contributed by atoms with van der Waals surface area (Å²) in [5, 5.41) is 10.5. The van der Waals surface area contributed by atoms with Gasteiger partial charge in [0.15, 0.2) is 11.5 Å². The number of aliphatic hydroxyl groups is 1.